The molecule has 2 aromatic rings. The van der Waals surface area contributed by atoms with Crippen LogP contribution in [0.25, 0.3) is 6.08 Å². The van der Waals surface area contributed by atoms with Gasteiger partial charge in [-0.25, -0.2) is 9.69 Å². The first-order chi connectivity index (χ1) is 12.4. The van der Waals surface area contributed by atoms with Crippen LogP contribution in [-0.4, -0.2) is 23.0 Å². The van der Waals surface area contributed by atoms with Gasteiger partial charge in [-0.15, -0.1) is 0 Å². The SMILES string of the molecule is CCc1ccc(N2C(=O)NC(=O)C(=Cc3ccc(O)c(Br)c3)C2=O)cc1. The number of halogens is 1. The van der Waals surface area contributed by atoms with Crippen molar-refractivity contribution in [3.63, 3.8) is 0 Å². The Bertz CT molecular complexity index is 935. The minimum atomic E-state index is -0.784. The standard InChI is InChI=1S/C19H15BrN2O4/c1-2-11-3-6-13(7-4-11)22-18(25)14(17(24)21-19(22)26)9-12-5-8-16(23)15(20)10-12/h3-10,23H,2H2,1H3,(H,21,24,26). The number of amides is 4. The van der Waals surface area contributed by atoms with E-state index in [4.69, 9.17) is 0 Å². The van der Waals surface area contributed by atoms with E-state index in [2.05, 4.69) is 21.2 Å². The van der Waals surface area contributed by atoms with Crippen LogP contribution in [0.5, 0.6) is 5.75 Å². The van der Waals surface area contributed by atoms with Crippen LogP contribution in [0.1, 0.15) is 18.1 Å². The number of rotatable bonds is 3. The summed E-state index contributed by atoms with van der Waals surface area (Å²) in [7, 11) is 0. The van der Waals surface area contributed by atoms with E-state index in [1.54, 1.807) is 24.3 Å². The predicted octanol–water partition coefficient (Wildman–Crippen LogP) is 3.38. The van der Waals surface area contributed by atoms with Gasteiger partial charge in [-0.05, 0) is 63.8 Å². The number of hydrogen-bond donors (Lipinski definition) is 2. The lowest BCUT2D eigenvalue weighted by atomic mass is 10.1. The Hall–Kier alpha value is -2.93. The normalized spacial score (nSPS) is 16.2. The number of nitrogens with one attached hydrogen (secondary N) is 1. The second-order valence-electron chi connectivity index (χ2n) is 5.69. The average Bonchev–Trinajstić information content (AvgIpc) is 2.62. The molecule has 1 aliphatic rings. The maximum absolute atomic E-state index is 12.8. The number of barbiturate groups is 1. The van der Waals surface area contributed by atoms with Crippen LogP contribution in [0.4, 0.5) is 10.5 Å². The number of anilines is 1. The summed E-state index contributed by atoms with van der Waals surface area (Å²) in [4.78, 5) is 38.0. The molecule has 4 amide bonds. The number of carbonyl (C=O) groups excluding carboxylic acids is 3. The molecule has 0 bridgehead atoms. The van der Waals surface area contributed by atoms with Crippen LogP contribution >= 0.6 is 15.9 Å². The van der Waals surface area contributed by atoms with Crippen molar-refractivity contribution in [3.05, 3.63) is 63.6 Å². The van der Waals surface area contributed by atoms with Crippen molar-refractivity contribution in [2.45, 2.75) is 13.3 Å². The summed E-state index contributed by atoms with van der Waals surface area (Å²) in [6.07, 6.45) is 2.21. The maximum atomic E-state index is 12.8. The lowest BCUT2D eigenvalue weighted by molar-refractivity contribution is -0.122. The van der Waals surface area contributed by atoms with E-state index in [9.17, 15) is 19.5 Å². The van der Waals surface area contributed by atoms with Gasteiger partial charge in [0.25, 0.3) is 11.8 Å². The number of urea groups is 1. The molecule has 1 fully saturated rings. The summed E-state index contributed by atoms with van der Waals surface area (Å²) in [6.45, 7) is 2.00. The Morgan fingerprint density at radius 3 is 2.42 bits per heavy atom. The van der Waals surface area contributed by atoms with Gasteiger partial charge in [0.2, 0.25) is 0 Å². The Morgan fingerprint density at radius 1 is 1.12 bits per heavy atom. The number of phenolic OH excluding ortho intramolecular Hbond substituents is 1. The third kappa shape index (κ3) is 3.39. The highest BCUT2D eigenvalue weighted by atomic mass is 79.9. The number of imide groups is 2. The molecule has 132 valence electrons. The number of carbonyl (C=O) groups is 3. The summed E-state index contributed by atoms with van der Waals surface area (Å²) < 4.78 is 0.429. The number of benzene rings is 2. The van der Waals surface area contributed by atoms with E-state index < -0.39 is 17.8 Å². The molecule has 2 aromatic carbocycles. The second kappa shape index (κ2) is 7.13. The van der Waals surface area contributed by atoms with E-state index in [1.165, 1.54) is 12.1 Å². The molecule has 1 heterocycles. The zero-order valence-corrected chi connectivity index (χ0v) is 15.4. The molecule has 0 aromatic heterocycles. The van der Waals surface area contributed by atoms with Gasteiger partial charge in [-0.1, -0.05) is 25.1 Å². The van der Waals surface area contributed by atoms with E-state index in [-0.39, 0.29) is 11.3 Å². The van der Waals surface area contributed by atoms with Crippen LogP contribution in [0.15, 0.2) is 52.5 Å². The summed E-state index contributed by atoms with van der Waals surface area (Å²) in [5, 5.41) is 11.7. The highest BCUT2D eigenvalue weighted by molar-refractivity contribution is 9.10. The zero-order chi connectivity index (χ0) is 18.8. The molecular weight excluding hydrogens is 400 g/mol. The summed E-state index contributed by atoms with van der Waals surface area (Å²) in [5.41, 5.74) is 1.82. The Morgan fingerprint density at radius 2 is 1.81 bits per heavy atom. The Balaban J connectivity index is 1.99. The minimum absolute atomic E-state index is 0.0411. The molecule has 7 heteroatoms. The van der Waals surface area contributed by atoms with Crippen LogP contribution in [0.3, 0.4) is 0 Å². The zero-order valence-electron chi connectivity index (χ0n) is 13.8. The number of nitrogens with zero attached hydrogens (tertiary/aromatic N) is 1. The van der Waals surface area contributed by atoms with Crippen molar-refractivity contribution in [2.75, 3.05) is 4.90 Å². The molecule has 6 nitrogen and oxygen atoms in total. The van der Waals surface area contributed by atoms with Gasteiger partial charge in [0, 0.05) is 0 Å². The summed E-state index contributed by atoms with van der Waals surface area (Å²) in [5.74, 6) is -1.42. The number of aryl methyl sites for hydroxylation is 1. The molecule has 2 N–H and O–H groups in total. The smallest absolute Gasteiger partial charge is 0.335 e. The van der Waals surface area contributed by atoms with Gasteiger partial charge in [0.15, 0.2) is 0 Å². The third-order valence-corrected chi connectivity index (χ3v) is 4.62. The van der Waals surface area contributed by atoms with Crippen molar-refractivity contribution in [1.82, 2.24) is 5.32 Å². The lowest BCUT2D eigenvalue weighted by Crippen LogP contribution is -2.54. The lowest BCUT2D eigenvalue weighted by Gasteiger charge is -2.26. The minimum Gasteiger partial charge on any atom is -0.507 e. The molecule has 26 heavy (non-hydrogen) atoms. The molecular formula is C19H15BrN2O4. The van der Waals surface area contributed by atoms with Gasteiger partial charge < -0.3 is 5.11 Å². The highest BCUT2D eigenvalue weighted by Crippen LogP contribution is 2.27. The van der Waals surface area contributed by atoms with Crippen LogP contribution in [0, 0.1) is 0 Å². The summed E-state index contributed by atoms with van der Waals surface area (Å²) >= 11 is 3.18. The van der Waals surface area contributed by atoms with Gasteiger partial charge >= 0.3 is 6.03 Å². The predicted molar refractivity (Wildman–Crippen MR) is 101 cm³/mol. The number of aromatic hydroxyl groups is 1. The Labute approximate surface area is 158 Å². The number of phenols is 1. The Kier molecular flexibility index (Phi) is 4.90. The molecule has 3 rings (SSSR count). The first kappa shape index (κ1) is 17.9. The van der Waals surface area contributed by atoms with Crippen molar-refractivity contribution < 1.29 is 19.5 Å². The molecule has 0 spiro atoms. The summed E-state index contributed by atoms with van der Waals surface area (Å²) in [6, 6.07) is 10.8. The largest absolute Gasteiger partial charge is 0.507 e. The number of hydrogen-bond acceptors (Lipinski definition) is 4. The van der Waals surface area contributed by atoms with Crippen molar-refractivity contribution >= 4 is 45.5 Å². The van der Waals surface area contributed by atoms with Gasteiger partial charge in [-0.3, -0.25) is 14.9 Å². The molecule has 0 radical (unpaired) electrons. The maximum Gasteiger partial charge on any atom is 0.335 e. The fourth-order valence-electron chi connectivity index (χ4n) is 2.55. The van der Waals surface area contributed by atoms with E-state index in [0.717, 1.165) is 16.9 Å². The van der Waals surface area contributed by atoms with Crippen molar-refractivity contribution in [2.24, 2.45) is 0 Å². The fraction of sp³-hybridized carbons (Fsp3) is 0.105. The van der Waals surface area contributed by atoms with Gasteiger partial charge in [0.1, 0.15) is 11.3 Å². The molecule has 1 aliphatic heterocycles. The average molecular weight is 415 g/mol. The second-order valence-corrected chi connectivity index (χ2v) is 6.54. The quantitative estimate of drug-likeness (QED) is 0.595. The topological polar surface area (TPSA) is 86.7 Å². The van der Waals surface area contributed by atoms with Crippen LogP contribution < -0.4 is 10.2 Å². The highest BCUT2D eigenvalue weighted by Gasteiger charge is 2.36. The first-order valence-corrected chi connectivity index (χ1v) is 8.69. The molecule has 0 aliphatic carbocycles. The monoisotopic (exact) mass is 414 g/mol. The molecule has 0 atom stereocenters. The fourth-order valence-corrected chi connectivity index (χ4v) is 2.95. The third-order valence-electron chi connectivity index (χ3n) is 3.99. The van der Waals surface area contributed by atoms with E-state index in [0.29, 0.717) is 15.7 Å². The van der Waals surface area contributed by atoms with Gasteiger partial charge in [0.05, 0.1) is 10.2 Å². The first-order valence-electron chi connectivity index (χ1n) is 7.89. The van der Waals surface area contributed by atoms with Crippen LogP contribution in [0.2, 0.25) is 0 Å². The van der Waals surface area contributed by atoms with E-state index in [1.807, 2.05) is 19.1 Å². The molecule has 1 saturated heterocycles. The van der Waals surface area contributed by atoms with Crippen LogP contribution in [-0.2, 0) is 16.0 Å². The van der Waals surface area contributed by atoms with Crippen molar-refractivity contribution in [1.29, 1.82) is 0 Å². The van der Waals surface area contributed by atoms with Gasteiger partial charge in [-0.2, -0.15) is 0 Å². The molecule has 0 unspecified atom stereocenters. The van der Waals surface area contributed by atoms with E-state index >= 15 is 0 Å². The molecule has 0 saturated carbocycles. The van der Waals surface area contributed by atoms with Crippen molar-refractivity contribution in [3.8, 4) is 5.75 Å².